The van der Waals surface area contributed by atoms with Crippen LogP contribution in [0, 0.1) is 0 Å². The summed E-state index contributed by atoms with van der Waals surface area (Å²) >= 11 is 6.29. The molecule has 0 bridgehead atoms. The molecule has 0 aliphatic heterocycles. The summed E-state index contributed by atoms with van der Waals surface area (Å²) in [5.41, 5.74) is 3.40. The standard InChI is InChI=1S/C19H20ClNO2/c1-23-17-10-8-14-11-16(9-7-15(14)12-17)21-19(22)18(20)13-5-3-2-4-6-13/h2-6,8,10,12,16,18H,7,9,11H2,1H3,(H,21,22). The summed E-state index contributed by atoms with van der Waals surface area (Å²) in [6.07, 6.45) is 2.70. The fourth-order valence-electron chi connectivity index (χ4n) is 3.03. The molecule has 0 heterocycles. The van der Waals surface area contributed by atoms with E-state index in [1.165, 1.54) is 11.1 Å². The van der Waals surface area contributed by atoms with E-state index in [0.29, 0.717) is 0 Å². The molecule has 3 nitrogen and oxygen atoms in total. The van der Waals surface area contributed by atoms with Crippen molar-refractivity contribution in [3.05, 3.63) is 65.2 Å². The van der Waals surface area contributed by atoms with Gasteiger partial charge in [0.2, 0.25) is 5.91 Å². The molecule has 3 rings (SSSR count). The van der Waals surface area contributed by atoms with Crippen molar-refractivity contribution in [3.63, 3.8) is 0 Å². The van der Waals surface area contributed by atoms with Crippen molar-refractivity contribution >= 4 is 17.5 Å². The van der Waals surface area contributed by atoms with E-state index < -0.39 is 5.38 Å². The van der Waals surface area contributed by atoms with Crippen LogP contribution in [0.15, 0.2) is 48.5 Å². The molecule has 1 amide bonds. The number of hydrogen-bond acceptors (Lipinski definition) is 2. The SMILES string of the molecule is COc1ccc2c(c1)CCC(NC(=O)C(Cl)c1ccccc1)C2. The Morgan fingerprint density at radius 3 is 2.74 bits per heavy atom. The number of alkyl halides is 1. The second kappa shape index (κ2) is 7.05. The minimum absolute atomic E-state index is 0.125. The largest absolute Gasteiger partial charge is 0.497 e. The fourth-order valence-corrected chi connectivity index (χ4v) is 3.24. The first-order valence-electron chi connectivity index (χ1n) is 7.82. The lowest BCUT2D eigenvalue weighted by molar-refractivity contribution is -0.121. The lowest BCUT2D eigenvalue weighted by Crippen LogP contribution is -2.40. The maximum Gasteiger partial charge on any atom is 0.242 e. The molecule has 2 unspecified atom stereocenters. The van der Waals surface area contributed by atoms with Crippen LogP contribution in [-0.4, -0.2) is 19.1 Å². The molecule has 0 fully saturated rings. The van der Waals surface area contributed by atoms with Crippen molar-refractivity contribution in [1.82, 2.24) is 5.32 Å². The molecule has 1 aliphatic carbocycles. The van der Waals surface area contributed by atoms with Crippen LogP contribution >= 0.6 is 11.6 Å². The average molecular weight is 330 g/mol. The van der Waals surface area contributed by atoms with Crippen LogP contribution in [0.1, 0.15) is 28.5 Å². The van der Waals surface area contributed by atoms with E-state index in [1.807, 2.05) is 36.4 Å². The molecular formula is C19H20ClNO2. The number of methoxy groups -OCH3 is 1. The van der Waals surface area contributed by atoms with Crippen LogP contribution < -0.4 is 10.1 Å². The van der Waals surface area contributed by atoms with Gasteiger partial charge in [0.1, 0.15) is 11.1 Å². The topological polar surface area (TPSA) is 38.3 Å². The first-order chi connectivity index (χ1) is 11.2. The van der Waals surface area contributed by atoms with Crippen molar-refractivity contribution in [2.24, 2.45) is 0 Å². The van der Waals surface area contributed by atoms with Crippen LogP contribution in [0.25, 0.3) is 0 Å². The molecule has 4 heteroatoms. The number of aryl methyl sites for hydroxylation is 1. The Balaban J connectivity index is 1.64. The average Bonchev–Trinajstić information content (AvgIpc) is 2.61. The van der Waals surface area contributed by atoms with Gasteiger partial charge in [0.05, 0.1) is 7.11 Å². The summed E-state index contributed by atoms with van der Waals surface area (Å²) in [6, 6.07) is 15.7. The Labute approximate surface area is 141 Å². The van der Waals surface area contributed by atoms with E-state index >= 15 is 0 Å². The van der Waals surface area contributed by atoms with Crippen LogP contribution in [0.2, 0.25) is 0 Å². The molecule has 0 spiro atoms. The molecule has 1 aliphatic rings. The Morgan fingerprint density at radius 2 is 2.00 bits per heavy atom. The number of carbonyl (C=O) groups excluding carboxylic acids is 1. The van der Waals surface area contributed by atoms with Gasteiger partial charge in [0.15, 0.2) is 0 Å². The summed E-state index contributed by atoms with van der Waals surface area (Å²) in [6.45, 7) is 0. The van der Waals surface area contributed by atoms with E-state index in [9.17, 15) is 4.79 Å². The molecule has 0 saturated carbocycles. The van der Waals surface area contributed by atoms with Crippen LogP contribution in [0.3, 0.4) is 0 Å². The Hall–Kier alpha value is -2.00. The highest BCUT2D eigenvalue weighted by atomic mass is 35.5. The van der Waals surface area contributed by atoms with E-state index in [4.69, 9.17) is 16.3 Å². The van der Waals surface area contributed by atoms with Gasteiger partial charge in [-0.2, -0.15) is 0 Å². The lowest BCUT2D eigenvalue weighted by Gasteiger charge is -2.26. The van der Waals surface area contributed by atoms with Gasteiger partial charge in [0, 0.05) is 6.04 Å². The molecule has 0 saturated heterocycles. The Bertz CT molecular complexity index is 687. The minimum atomic E-state index is -0.645. The van der Waals surface area contributed by atoms with Crippen molar-refractivity contribution in [1.29, 1.82) is 0 Å². The molecule has 2 aromatic rings. The molecule has 2 aromatic carbocycles. The molecule has 2 atom stereocenters. The second-order valence-corrected chi connectivity index (χ2v) is 6.29. The van der Waals surface area contributed by atoms with Gasteiger partial charge in [-0.1, -0.05) is 36.4 Å². The zero-order chi connectivity index (χ0) is 16.2. The summed E-state index contributed by atoms with van der Waals surface area (Å²) in [5, 5.41) is 2.44. The number of hydrogen-bond donors (Lipinski definition) is 1. The third kappa shape index (κ3) is 3.67. The zero-order valence-electron chi connectivity index (χ0n) is 13.1. The Morgan fingerprint density at radius 1 is 1.22 bits per heavy atom. The van der Waals surface area contributed by atoms with E-state index in [0.717, 1.165) is 30.6 Å². The normalized spacial score (nSPS) is 17.9. The predicted octanol–water partition coefficient (Wildman–Crippen LogP) is 3.65. The van der Waals surface area contributed by atoms with Crippen LogP contribution in [0.4, 0.5) is 0 Å². The molecule has 23 heavy (non-hydrogen) atoms. The highest BCUT2D eigenvalue weighted by molar-refractivity contribution is 6.30. The van der Waals surface area contributed by atoms with Crippen LogP contribution in [-0.2, 0) is 17.6 Å². The summed E-state index contributed by atoms with van der Waals surface area (Å²) in [7, 11) is 1.68. The van der Waals surface area contributed by atoms with E-state index in [-0.39, 0.29) is 11.9 Å². The van der Waals surface area contributed by atoms with Crippen LogP contribution in [0.5, 0.6) is 5.75 Å². The van der Waals surface area contributed by atoms with Crippen molar-refractivity contribution in [3.8, 4) is 5.75 Å². The maximum absolute atomic E-state index is 12.4. The monoisotopic (exact) mass is 329 g/mol. The summed E-state index contributed by atoms with van der Waals surface area (Å²) in [5.74, 6) is 0.760. The smallest absolute Gasteiger partial charge is 0.242 e. The first kappa shape index (κ1) is 15.9. The highest BCUT2D eigenvalue weighted by Crippen LogP contribution is 2.27. The molecule has 0 aromatic heterocycles. The number of ether oxygens (including phenoxy) is 1. The van der Waals surface area contributed by atoms with E-state index in [1.54, 1.807) is 7.11 Å². The van der Waals surface area contributed by atoms with Gasteiger partial charge in [-0.15, -0.1) is 11.6 Å². The third-order valence-corrected chi connectivity index (χ3v) is 4.76. The quantitative estimate of drug-likeness (QED) is 0.870. The number of carbonyl (C=O) groups is 1. The van der Waals surface area contributed by atoms with Crippen molar-refractivity contribution in [2.75, 3.05) is 7.11 Å². The number of fused-ring (bicyclic) bond motifs is 1. The van der Waals surface area contributed by atoms with Gasteiger partial charge in [0.25, 0.3) is 0 Å². The van der Waals surface area contributed by atoms with Gasteiger partial charge in [-0.25, -0.2) is 0 Å². The second-order valence-electron chi connectivity index (χ2n) is 5.86. The molecule has 120 valence electrons. The van der Waals surface area contributed by atoms with Gasteiger partial charge in [-0.3, -0.25) is 4.79 Å². The summed E-state index contributed by atoms with van der Waals surface area (Å²) in [4.78, 5) is 12.4. The van der Waals surface area contributed by atoms with Crippen molar-refractivity contribution < 1.29 is 9.53 Å². The van der Waals surface area contributed by atoms with E-state index in [2.05, 4.69) is 17.4 Å². The minimum Gasteiger partial charge on any atom is -0.497 e. The van der Waals surface area contributed by atoms with Gasteiger partial charge < -0.3 is 10.1 Å². The number of rotatable bonds is 4. The number of halogens is 1. The van der Waals surface area contributed by atoms with Gasteiger partial charge >= 0.3 is 0 Å². The number of nitrogens with one attached hydrogen (secondary N) is 1. The zero-order valence-corrected chi connectivity index (χ0v) is 13.8. The molecule has 0 radical (unpaired) electrons. The number of amides is 1. The first-order valence-corrected chi connectivity index (χ1v) is 8.26. The lowest BCUT2D eigenvalue weighted by atomic mass is 9.88. The maximum atomic E-state index is 12.4. The number of benzene rings is 2. The molecule has 1 N–H and O–H groups in total. The fraction of sp³-hybridized carbons (Fsp3) is 0.316. The third-order valence-electron chi connectivity index (χ3n) is 4.31. The Kier molecular flexibility index (Phi) is 4.87. The highest BCUT2D eigenvalue weighted by Gasteiger charge is 2.24. The van der Waals surface area contributed by atoms with Gasteiger partial charge in [-0.05, 0) is 48.1 Å². The van der Waals surface area contributed by atoms with Crippen molar-refractivity contribution in [2.45, 2.75) is 30.7 Å². The predicted molar refractivity (Wildman–Crippen MR) is 92.0 cm³/mol. The molecular weight excluding hydrogens is 310 g/mol. The summed E-state index contributed by atoms with van der Waals surface area (Å²) < 4.78 is 5.26.